The average Bonchev–Trinajstić information content (AvgIpc) is 2.67. The first-order valence-corrected chi connectivity index (χ1v) is 8.81. The first kappa shape index (κ1) is 19.8. The van der Waals surface area contributed by atoms with Crippen molar-refractivity contribution in [2.24, 2.45) is 5.16 Å². The number of methoxy groups -OCH3 is 1. The lowest BCUT2D eigenvalue weighted by molar-refractivity contribution is 0.0751. The van der Waals surface area contributed by atoms with Gasteiger partial charge in [-0.05, 0) is 48.9 Å². The van der Waals surface area contributed by atoms with Crippen LogP contribution in [0.3, 0.4) is 0 Å². The smallest absolute Gasteiger partial charge is 0.491 e. The lowest BCUT2D eigenvalue weighted by Gasteiger charge is -2.06. The van der Waals surface area contributed by atoms with Crippen LogP contribution in [-0.4, -0.2) is 37.3 Å². The second kappa shape index (κ2) is 10.5. The summed E-state index contributed by atoms with van der Waals surface area (Å²) in [6.07, 6.45) is -0.248. The van der Waals surface area contributed by atoms with Gasteiger partial charge in [0.1, 0.15) is 12.4 Å². The van der Waals surface area contributed by atoms with E-state index in [9.17, 15) is 4.79 Å². The van der Waals surface area contributed by atoms with Crippen molar-refractivity contribution in [1.82, 2.24) is 0 Å². The molecule has 0 unspecified atom stereocenters. The molecule has 1 N–H and O–H groups in total. The van der Waals surface area contributed by atoms with Crippen LogP contribution in [0.5, 0.6) is 5.75 Å². The van der Waals surface area contributed by atoms with Crippen LogP contribution in [0.1, 0.15) is 12.5 Å². The number of rotatable bonds is 8. The topological polar surface area (TPSA) is 77.4 Å². The number of aliphatic hydroxyl groups excluding tert-OH is 1. The highest BCUT2D eigenvalue weighted by atomic mass is 32.2. The number of benzene rings is 2. The first-order valence-electron chi connectivity index (χ1n) is 7.99. The molecule has 0 saturated carbocycles. The van der Waals surface area contributed by atoms with Crippen LogP contribution in [0.4, 0.5) is 4.79 Å². The highest BCUT2D eigenvalue weighted by Gasteiger charge is 2.03. The van der Waals surface area contributed by atoms with Crippen molar-refractivity contribution in [2.75, 3.05) is 20.3 Å². The average molecular weight is 375 g/mol. The molecule has 2 aromatic rings. The SMILES string of the molecule is COC(=O)O/N=C(\C)Cc1ccc(Sc2ccc(OCCO)cc2)cc1. The summed E-state index contributed by atoms with van der Waals surface area (Å²) in [4.78, 5) is 17.7. The number of ether oxygens (including phenoxy) is 2. The monoisotopic (exact) mass is 375 g/mol. The molecule has 0 aliphatic carbocycles. The van der Waals surface area contributed by atoms with Crippen LogP contribution in [0.25, 0.3) is 0 Å². The fourth-order valence-corrected chi connectivity index (χ4v) is 2.88. The number of carbonyl (C=O) groups is 1. The molecule has 2 rings (SSSR count). The molecule has 0 aliphatic rings. The molecule has 2 aromatic carbocycles. The Bertz CT molecular complexity index is 729. The molecular formula is C19H21NO5S. The van der Waals surface area contributed by atoms with E-state index in [1.165, 1.54) is 7.11 Å². The molecule has 0 heterocycles. The third kappa shape index (κ3) is 6.78. The Kier molecular flexibility index (Phi) is 7.98. The predicted molar refractivity (Wildman–Crippen MR) is 99.9 cm³/mol. The van der Waals surface area contributed by atoms with Crippen LogP contribution in [0.15, 0.2) is 63.5 Å². The van der Waals surface area contributed by atoms with Crippen molar-refractivity contribution >= 4 is 23.6 Å². The van der Waals surface area contributed by atoms with E-state index in [1.807, 2.05) is 48.5 Å². The highest BCUT2D eigenvalue weighted by molar-refractivity contribution is 7.99. The number of carbonyl (C=O) groups excluding carboxylic acids is 1. The number of hydrogen-bond acceptors (Lipinski definition) is 7. The standard InChI is InChI=1S/C19H21NO5S/c1-14(20-25-19(22)23-2)13-15-3-7-17(8-4-15)26-18-9-5-16(6-10-18)24-12-11-21/h3-10,21H,11-13H2,1-2H3/b20-14+. The van der Waals surface area contributed by atoms with Gasteiger partial charge in [0.05, 0.1) is 19.4 Å². The van der Waals surface area contributed by atoms with Gasteiger partial charge in [0.15, 0.2) is 0 Å². The van der Waals surface area contributed by atoms with Crippen molar-refractivity contribution in [2.45, 2.75) is 23.1 Å². The third-order valence-corrected chi connectivity index (χ3v) is 4.26. The summed E-state index contributed by atoms with van der Waals surface area (Å²) in [5.41, 5.74) is 1.74. The number of nitrogens with zero attached hydrogens (tertiary/aromatic N) is 1. The van der Waals surface area contributed by atoms with Gasteiger partial charge in [0.2, 0.25) is 0 Å². The van der Waals surface area contributed by atoms with E-state index in [0.717, 1.165) is 21.1 Å². The summed E-state index contributed by atoms with van der Waals surface area (Å²) in [6, 6.07) is 15.8. The summed E-state index contributed by atoms with van der Waals surface area (Å²) in [7, 11) is 1.24. The molecule has 26 heavy (non-hydrogen) atoms. The minimum Gasteiger partial charge on any atom is -0.491 e. The molecule has 0 aliphatic heterocycles. The molecule has 0 amide bonds. The molecule has 0 fully saturated rings. The summed E-state index contributed by atoms with van der Waals surface area (Å²) < 4.78 is 9.70. The van der Waals surface area contributed by atoms with E-state index in [4.69, 9.17) is 9.84 Å². The zero-order valence-electron chi connectivity index (χ0n) is 14.7. The lowest BCUT2D eigenvalue weighted by Crippen LogP contribution is -2.04. The van der Waals surface area contributed by atoms with Gasteiger partial charge in [0, 0.05) is 16.2 Å². The van der Waals surface area contributed by atoms with Gasteiger partial charge >= 0.3 is 6.16 Å². The second-order valence-corrected chi connectivity index (χ2v) is 6.49. The summed E-state index contributed by atoms with van der Waals surface area (Å²) in [6.45, 7) is 2.08. The zero-order chi connectivity index (χ0) is 18.8. The van der Waals surface area contributed by atoms with E-state index >= 15 is 0 Å². The Hall–Kier alpha value is -2.51. The maximum absolute atomic E-state index is 10.9. The second-order valence-electron chi connectivity index (χ2n) is 5.34. The van der Waals surface area contributed by atoms with Crippen LogP contribution in [-0.2, 0) is 16.0 Å². The first-order chi connectivity index (χ1) is 12.6. The summed E-state index contributed by atoms with van der Waals surface area (Å²) in [5, 5.41) is 12.5. The fraction of sp³-hybridized carbons (Fsp3) is 0.263. The Morgan fingerprint density at radius 2 is 1.69 bits per heavy atom. The third-order valence-electron chi connectivity index (χ3n) is 3.25. The summed E-state index contributed by atoms with van der Waals surface area (Å²) in [5.74, 6) is 0.739. The highest BCUT2D eigenvalue weighted by Crippen LogP contribution is 2.29. The maximum Gasteiger partial charge on any atom is 0.534 e. The number of aliphatic hydroxyl groups is 1. The minimum atomic E-state index is -0.830. The molecule has 0 saturated heterocycles. The van der Waals surface area contributed by atoms with Crippen LogP contribution >= 0.6 is 11.8 Å². The molecule has 0 atom stereocenters. The molecule has 138 valence electrons. The van der Waals surface area contributed by atoms with Crippen molar-refractivity contribution in [3.8, 4) is 5.75 Å². The van der Waals surface area contributed by atoms with Crippen molar-refractivity contribution in [3.05, 3.63) is 54.1 Å². The molecule has 7 heteroatoms. The molecule has 6 nitrogen and oxygen atoms in total. The van der Waals surface area contributed by atoms with E-state index < -0.39 is 6.16 Å². The van der Waals surface area contributed by atoms with Gasteiger partial charge in [-0.2, -0.15) is 0 Å². The Labute approximate surface area is 156 Å². The predicted octanol–water partition coefficient (Wildman–Crippen LogP) is 3.91. The van der Waals surface area contributed by atoms with Crippen LogP contribution in [0, 0.1) is 0 Å². The molecule has 0 spiro atoms. The quantitative estimate of drug-likeness (QED) is 0.326. The minimum absolute atomic E-state index is 0.00183. The Morgan fingerprint density at radius 3 is 2.27 bits per heavy atom. The van der Waals surface area contributed by atoms with Gasteiger partial charge in [-0.1, -0.05) is 29.1 Å². The Morgan fingerprint density at radius 1 is 1.08 bits per heavy atom. The van der Waals surface area contributed by atoms with Gasteiger partial charge in [0.25, 0.3) is 0 Å². The van der Waals surface area contributed by atoms with Crippen molar-refractivity contribution < 1.29 is 24.2 Å². The number of oxime groups is 1. The molecule has 0 aromatic heterocycles. The fourth-order valence-electron chi connectivity index (χ4n) is 2.06. The van der Waals surface area contributed by atoms with Gasteiger partial charge in [-0.15, -0.1) is 0 Å². The lowest BCUT2D eigenvalue weighted by atomic mass is 10.1. The van der Waals surface area contributed by atoms with Gasteiger partial charge in [-0.3, -0.25) is 4.84 Å². The molecule has 0 radical (unpaired) electrons. The summed E-state index contributed by atoms with van der Waals surface area (Å²) >= 11 is 1.64. The van der Waals surface area contributed by atoms with Gasteiger partial charge in [-0.25, -0.2) is 4.79 Å². The van der Waals surface area contributed by atoms with Crippen LogP contribution in [0.2, 0.25) is 0 Å². The maximum atomic E-state index is 10.9. The molecule has 0 bridgehead atoms. The largest absolute Gasteiger partial charge is 0.534 e. The van der Waals surface area contributed by atoms with E-state index in [2.05, 4.69) is 14.7 Å². The normalized spacial score (nSPS) is 11.1. The van der Waals surface area contributed by atoms with E-state index in [-0.39, 0.29) is 6.61 Å². The van der Waals surface area contributed by atoms with Crippen molar-refractivity contribution in [3.63, 3.8) is 0 Å². The van der Waals surface area contributed by atoms with Gasteiger partial charge < -0.3 is 14.6 Å². The molecular weight excluding hydrogens is 354 g/mol. The number of hydrogen-bond donors (Lipinski definition) is 1. The van der Waals surface area contributed by atoms with Crippen LogP contribution < -0.4 is 4.74 Å². The van der Waals surface area contributed by atoms with Crippen molar-refractivity contribution in [1.29, 1.82) is 0 Å². The Balaban J connectivity index is 1.89. The van der Waals surface area contributed by atoms with E-state index in [0.29, 0.717) is 18.7 Å². The zero-order valence-corrected chi connectivity index (χ0v) is 15.5. The van der Waals surface area contributed by atoms with E-state index in [1.54, 1.807) is 18.7 Å².